The zero-order chi connectivity index (χ0) is 16.1. The molecule has 2 rings (SSSR count). The summed E-state index contributed by atoms with van der Waals surface area (Å²) in [5.41, 5.74) is 9.94. The van der Waals surface area contributed by atoms with Crippen LogP contribution in [0.1, 0.15) is 35.1 Å². The van der Waals surface area contributed by atoms with E-state index in [0.29, 0.717) is 12.2 Å². The predicted molar refractivity (Wildman–Crippen MR) is 86.8 cm³/mol. The highest BCUT2D eigenvalue weighted by atomic mass is 16.5. The number of pyridine rings is 1. The van der Waals surface area contributed by atoms with E-state index in [2.05, 4.69) is 9.55 Å². The molecule has 0 saturated heterocycles. The highest BCUT2D eigenvalue weighted by molar-refractivity contribution is 6.02. The van der Waals surface area contributed by atoms with E-state index in [0.717, 1.165) is 42.1 Å². The molecule has 2 aromatic rings. The maximum absolute atomic E-state index is 11.9. The Hall–Kier alpha value is -2.14. The third-order valence-corrected chi connectivity index (χ3v) is 3.85. The van der Waals surface area contributed by atoms with Crippen molar-refractivity contribution in [2.75, 3.05) is 13.2 Å². The molecule has 0 aliphatic heterocycles. The third-order valence-electron chi connectivity index (χ3n) is 3.85. The van der Waals surface area contributed by atoms with E-state index < -0.39 is 5.91 Å². The monoisotopic (exact) mass is 301 g/mol. The van der Waals surface area contributed by atoms with E-state index in [-0.39, 0.29) is 0 Å². The Bertz CT molecular complexity index is 648. The lowest BCUT2D eigenvalue weighted by Gasteiger charge is -2.09. The van der Waals surface area contributed by atoms with Gasteiger partial charge >= 0.3 is 0 Å². The van der Waals surface area contributed by atoms with Crippen molar-refractivity contribution in [3.8, 4) is 11.1 Å². The van der Waals surface area contributed by atoms with Crippen LogP contribution in [0.4, 0.5) is 0 Å². The number of nitrogens with zero attached hydrogens (tertiary/aromatic N) is 2. The standard InChI is InChI=1S/C17H23N3O2/c1-4-22-10-6-9-20-12(2)15(14-7-5-8-19-11-14)16(13(20)3)17(18)21/h5,7-8,11H,4,6,9-10H2,1-3H3,(H2,18,21). The molecule has 0 fully saturated rings. The predicted octanol–water partition coefficient (Wildman–Crippen LogP) is 2.69. The maximum atomic E-state index is 11.9. The average Bonchev–Trinajstić information content (AvgIpc) is 2.76. The van der Waals surface area contributed by atoms with Crippen molar-refractivity contribution in [3.05, 3.63) is 41.5 Å². The number of carbonyl (C=O) groups is 1. The molecule has 118 valence electrons. The quantitative estimate of drug-likeness (QED) is 0.799. The zero-order valence-corrected chi connectivity index (χ0v) is 13.4. The maximum Gasteiger partial charge on any atom is 0.251 e. The summed E-state index contributed by atoms with van der Waals surface area (Å²) in [5, 5.41) is 0. The van der Waals surface area contributed by atoms with Gasteiger partial charge in [0.25, 0.3) is 5.91 Å². The Balaban J connectivity index is 2.43. The van der Waals surface area contributed by atoms with E-state index in [1.165, 1.54) is 0 Å². The molecule has 5 nitrogen and oxygen atoms in total. The summed E-state index contributed by atoms with van der Waals surface area (Å²) in [6.07, 6.45) is 4.38. The molecule has 5 heteroatoms. The van der Waals surface area contributed by atoms with Crippen LogP contribution < -0.4 is 5.73 Å². The molecule has 2 N–H and O–H groups in total. The molecule has 1 amide bonds. The number of nitrogens with two attached hydrogens (primary N) is 1. The fourth-order valence-electron chi connectivity index (χ4n) is 2.85. The lowest BCUT2D eigenvalue weighted by atomic mass is 10.0. The summed E-state index contributed by atoms with van der Waals surface area (Å²) in [6, 6.07) is 3.81. The van der Waals surface area contributed by atoms with Crippen molar-refractivity contribution in [2.45, 2.75) is 33.7 Å². The van der Waals surface area contributed by atoms with Crippen LogP contribution in [-0.4, -0.2) is 28.7 Å². The number of carbonyl (C=O) groups excluding carboxylic acids is 1. The Morgan fingerprint density at radius 3 is 2.73 bits per heavy atom. The van der Waals surface area contributed by atoms with E-state index in [1.807, 2.05) is 32.9 Å². The summed E-state index contributed by atoms with van der Waals surface area (Å²) in [5.74, 6) is -0.400. The normalized spacial score (nSPS) is 10.9. The minimum atomic E-state index is -0.400. The second-order valence-corrected chi connectivity index (χ2v) is 5.23. The lowest BCUT2D eigenvalue weighted by molar-refractivity contribution is 0.1000. The summed E-state index contributed by atoms with van der Waals surface area (Å²) in [7, 11) is 0. The number of amides is 1. The molecule has 0 aliphatic rings. The molecule has 0 atom stereocenters. The molecule has 22 heavy (non-hydrogen) atoms. The Labute approximate surface area is 131 Å². The Morgan fingerprint density at radius 2 is 2.14 bits per heavy atom. The topological polar surface area (TPSA) is 70.1 Å². The van der Waals surface area contributed by atoms with Crippen LogP contribution in [0.3, 0.4) is 0 Å². The number of hydrogen-bond donors (Lipinski definition) is 1. The number of hydrogen-bond acceptors (Lipinski definition) is 3. The van der Waals surface area contributed by atoms with Crippen LogP contribution in [0.2, 0.25) is 0 Å². The van der Waals surface area contributed by atoms with Gasteiger partial charge in [-0.25, -0.2) is 0 Å². The summed E-state index contributed by atoms with van der Waals surface area (Å²) in [6.45, 7) is 8.17. The van der Waals surface area contributed by atoms with Crippen molar-refractivity contribution in [3.63, 3.8) is 0 Å². The van der Waals surface area contributed by atoms with Gasteiger partial charge in [0.1, 0.15) is 0 Å². The first-order valence-corrected chi connectivity index (χ1v) is 7.55. The number of primary amides is 1. The highest BCUT2D eigenvalue weighted by Crippen LogP contribution is 2.31. The largest absolute Gasteiger partial charge is 0.382 e. The average molecular weight is 301 g/mol. The van der Waals surface area contributed by atoms with E-state index >= 15 is 0 Å². The second-order valence-electron chi connectivity index (χ2n) is 5.23. The van der Waals surface area contributed by atoms with E-state index in [9.17, 15) is 4.79 Å². The molecular formula is C17H23N3O2. The van der Waals surface area contributed by atoms with Gasteiger partial charge in [-0.3, -0.25) is 9.78 Å². The third kappa shape index (κ3) is 3.20. The van der Waals surface area contributed by atoms with Crippen molar-refractivity contribution in [1.82, 2.24) is 9.55 Å². The van der Waals surface area contributed by atoms with Crippen molar-refractivity contribution in [1.29, 1.82) is 0 Å². The van der Waals surface area contributed by atoms with Crippen molar-refractivity contribution in [2.24, 2.45) is 5.73 Å². The number of ether oxygens (including phenoxy) is 1. The van der Waals surface area contributed by atoms with Crippen LogP contribution >= 0.6 is 0 Å². The molecule has 0 bridgehead atoms. The summed E-state index contributed by atoms with van der Waals surface area (Å²) < 4.78 is 7.53. The van der Waals surface area contributed by atoms with Crippen molar-refractivity contribution >= 4 is 5.91 Å². The molecule has 2 aromatic heterocycles. The van der Waals surface area contributed by atoms with Gasteiger partial charge in [-0.1, -0.05) is 6.07 Å². The lowest BCUT2D eigenvalue weighted by Crippen LogP contribution is -2.13. The smallest absolute Gasteiger partial charge is 0.251 e. The van der Waals surface area contributed by atoms with Crippen molar-refractivity contribution < 1.29 is 9.53 Å². The molecule has 0 unspecified atom stereocenters. The SMILES string of the molecule is CCOCCCn1c(C)c(C(N)=O)c(-c2cccnc2)c1C. The zero-order valence-electron chi connectivity index (χ0n) is 13.4. The van der Waals surface area contributed by atoms with E-state index in [1.54, 1.807) is 12.4 Å². The highest BCUT2D eigenvalue weighted by Gasteiger charge is 2.22. The van der Waals surface area contributed by atoms with Crippen LogP contribution in [0, 0.1) is 13.8 Å². The van der Waals surface area contributed by atoms with Crippen LogP contribution in [0.5, 0.6) is 0 Å². The fourth-order valence-corrected chi connectivity index (χ4v) is 2.85. The molecule has 0 spiro atoms. The van der Waals surface area contributed by atoms with Gasteiger partial charge in [0.05, 0.1) is 5.56 Å². The Kier molecular flexibility index (Phi) is 5.33. The molecule has 0 aliphatic carbocycles. The molecule has 0 aromatic carbocycles. The molecule has 0 saturated carbocycles. The number of aromatic nitrogens is 2. The molecule has 2 heterocycles. The van der Waals surface area contributed by atoms with Crippen LogP contribution in [-0.2, 0) is 11.3 Å². The van der Waals surface area contributed by atoms with Gasteiger partial charge in [-0.05, 0) is 33.3 Å². The second kappa shape index (κ2) is 7.22. The molecule has 0 radical (unpaired) electrons. The summed E-state index contributed by atoms with van der Waals surface area (Å²) in [4.78, 5) is 16.1. The first kappa shape index (κ1) is 16.2. The minimum Gasteiger partial charge on any atom is -0.382 e. The van der Waals surface area contributed by atoms with Crippen LogP contribution in [0.25, 0.3) is 11.1 Å². The number of rotatable bonds is 7. The van der Waals surface area contributed by atoms with Gasteiger partial charge in [0.2, 0.25) is 0 Å². The summed E-state index contributed by atoms with van der Waals surface area (Å²) >= 11 is 0. The van der Waals surface area contributed by atoms with Gasteiger partial charge in [0.15, 0.2) is 0 Å². The van der Waals surface area contributed by atoms with Crippen LogP contribution in [0.15, 0.2) is 24.5 Å². The fraction of sp³-hybridized carbons (Fsp3) is 0.412. The van der Waals surface area contributed by atoms with Gasteiger partial charge in [-0.2, -0.15) is 0 Å². The first-order valence-electron chi connectivity index (χ1n) is 7.55. The molecular weight excluding hydrogens is 278 g/mol. The van der Waals surface area contributed by atoms with E-state index in [4.69, 9.17) is 10.5 Å². The first-order chi connectivity index (χ1) is 10.6. The minimum absolute atomic E-state index is 0.400. The van der Waals surface area contributed by atoms with Gasteiger partial charge < -0.3 is 15.0 Å². The van der Waals surface area contributed by atoms with Gasteiger partial charge in [0, 0.05) is 54.7 Å². The Morgan fingerprint density at radius 1 is 1.36 bits per heavy atom. The van der Waals surface area contributed by atoms with Gasteiger partial charge in [-0.15, -0.1) is 0 Å².